The van der Waals surface area contributed by atoms with Crippen LogP contribution in [0.2, 0.25) is 0 Å². The van der Waals surface area contributed by atoms with Crippen LogP contribution in [0, 0.1) is 5.92 Å². The molecule has 0 radical (unpaired) electrons. The van der Waals surface area contributed by atoms with Gasteiger partial charge in [-0.25, -0.2) is 9.97 Å². The van der Waals surface area contributed by atoms with E-state index in [1.807, 2.05) is 18.3 Å². The van der Waals surface area contributed by atoms with Crippen LogP contribution >= 0.6 is 0 Å². The summed E-state index contributed by atoms with van der Waals surface area (Å²) in [5, 5.41) is 3.23. The maximum atomic E-state index is 12.4. The van der Waals surface area contributed by atoms with E-state index >= 15 is 0 Å². The Hall–Kier alpha value is -2.30. The SMILES string of the molecule is O=C(CC1CCCC1)N[C@H]1CCCc2nc(-c3cccnc3)ncc21. The minimum atomic E-state index is 0.0561. The number of rotatable bonds is 4. The zero-order valence-corrected chi connectivity index (χ0v) is 14.4. The molecule has 1 fully saturated rings. The second-order valence-electron chi connectivity index (χ2n) is 7.20. The van der Waals surface area contributed by atoms with Gasteiger partial charge in [0, 0.05) is 41.8 Å². The summed E-state index contributed by atoms with van der Waals surface area (Å²) in [6.07, 6.45) is 14.0. The first-order valence-corrected chi connectivity index (χ1v) is 9.35. The van der Waals surface area contributed by atoms with Gasteiger partial charge in [0.05, 0.1) is 6.04 Å². The fraction of sp³-hybridized carbons (Fsp3) is 0.500. The van der Waals surface area contributed by atoms with Crippen molar-refractivity contribution in [2.24, 2.45) is 5.92 Å². The number of pyridine rings is 1. The Morgan fingerprint density at radius 1 is 1.16 bits per heavy atom. The van der Waals surface area contributed by atoms with Gasteiger partial charge in [0.1, 0.15) is 0 Å². The van der Waals surface area contributed by atoms with Gasteiger partial charge >= 0.3 is 0 Å². The third-order valence-electron chi connectivity index (χ3n) is 5.39. The fourth-order valence-electron chi connectivity index (χ4n) is 4.06. The first kappa shape index (κ1) is 16.2. The Kier molecular flexibility index (Phi) is 4.72. The van der Waals surface area contributed by atoms with E-state index in [2.05, 4.69) is 15.3 Å². The smallest absolute Gasteiger partial charge is 0.220 e. The van der Waals surface area contributed by atoms with Gasteiger partial charge in [-0.1, -0.05) is 12.8 Å². The second kappa shape index (κ2) is 7.30. The Bertz CT molecular complexity index is 741. The quantitative estimate of drug-likeness (QED) is 0.926. The van der Waals surface area contributed by atoms with Crippen LogP contribution in [0.3, 0.4) is 0 Å². The molecule has 1 amide bonds. The average molecular weight is 336 g/mol. The van der Waals surface area contributed by atoms with Gasteiger partial charge in [0.2, 0.25) is 5.91 Å². The summed E-state index contributed by atoms with van der Waals surface area (Å²) in [6, 6.07) is 3.92. The lowest BCUT2D eigenvalue weighted by Gasteiger charge is -2.26. The number of carbonyl (C=O) groups excluding carboxylic acids is 1. The molecule has 2 aromatic heterocycles. The summed E-state index contributed by atoms with van der Waals surface area (Å²) < 4.78 is 0. The highest BCUT2D eigenvalue weighted by molar-refractivity contribution is 5.76. The predicted molar refractivity (Wildman–Crippen MR) is 95.7 cm³/mol. The zero-order chi connectivity index (χ0) is 17.1. The van der Waals surface area contributed by atoms with E-state index in [0.29, 0.717) is 18.2 Å². The molecule has 1 N–H and O–H groups in total. The van der Waals surface area contributed by atoms with Crippen LogP contribution < -0.4 is 5.32 Å². The number of nitrogens with zero attached hydrogens (tertiary/aromatic N) is 3. The molecule has 0 spiro atoms. The standard InChI is InChI=1S/C20H24N4O/c25-19(11-14-5-1-2-6-14)23-17-8-3-9-18-16(17)13-22-20(24-18)15-7-4-10-21-12-15/h4,7,10,12-14,17H,1-3,5-6,8-9,11H2,(H,23,25)/t17-/m0/s1. The first-order valence-electron chi connectivity index (χ1n) is 9.35. The Balaban J connectivity index is 1.49. The van der Waals surface area contributed by atoms with Crippen molar-refractivity contribution in [1.82, 2.24) is 20.3 Å². The molecule has 130 valence electrons. The van der Waals surface area contributed by atoms with Gasteiger partial charge in [0.25, 0.3) is 0 Å². The molecule has 0 bridgehead atoms. The molecule has 25 heavy (non-hydrogen) atoms. The minimum absolute atomic E-state index is 0.0561. The summed E-state index contributed by atoms with van der Waals surface area (Å²) in [4.78, 5) is 25.8. The summed E-state index contributed by atoms with van der Waals surface area (Å²) in [5.74, 6) is 1.47. The van der Waals surface area contributed by atoms with Gasteiger partial charge in [-0.3, -0.25) is 9.78 Å². The molecule has 2 heterocycles. The molecule has 0 aliphatic heterocycles. The highest BCUT2D eigenvalue weighted by Crippen LogP contribution is 2.31. The van der Waals surface area contributed by atoms with Crippen molar-refractivity contribution in [1.29, 1.82) is 0 Å². The van der Waals surface area contributed by atoms with E-state index in [1.54, 1.807) is 12.4 Å². The summed E-state index contributed by atoms with van der Waals surface area (Å²) in [5.41, 5.74) is 3.07. The van der Waals surface area contributed by atoms with Crippen LogP contribution in [-0.4, -0.2) is 20.9 Å². The van der Waals surface area contributed by atoms with Crippen molar-refractivity contribution in [2.75, 3.05) is 0 Å². The van der Waals surface area contributed by atoms with Gasteiger partial charge in [-0.05, 0) is 50.2 Å². The zero-order valence-electron chi connectivity index (χ0n) is 14.4. The number of aromatic nitrogens is 3. The fourth-order valence-corrected chi connectivity index (χ4v) is 4.06. The Morgan fingerprint density at radius 3 is 2.84 bits per heavy atom. The highest BCUT2D eigenvalue weighted by Gasteiger charge is 2.25. The van der Waals surface area contributed by atoms with Crippen molar-refractivity contribution in [3.05, 3.63) is 42.0 Å². The van der Waals surface area contributed by atoms with E-state index in [1.165, 1.54) is 25.7 Å². The van der Waals surface area contributed by atoms with E-state index < -0.39 is 0 Å². The van der Waals surface area contributed by atoms with Crippen molar-refractivity contribution in [3.8, 4) is 11.4 Å². The summed E-state index contributed by atoms with van der Waals surface area (Å²) in [7, 11) is 0. The van der Waals surface area contributed by atoms with Crippen LogP contribution in [-0.2, 0) is 11.2 Å². The van der Waals surface area contributed by atoms with E-state index in [9.17, 15) is 4.79 Å². The van der Waals surface area contributed by atoms with Crippen LogP contribution in [0.4, 0.5) is 0 Å². The third-order valence-corrected chi connectivity index (χ3v) is 5.39. The lowest BCUT2D eigenvalue weighted by molar-refractivity contribution is -0.122. The molecule has 2 aliphatic carbocycles. The van der Waals surface area contributed by atoms with Gasteiger partial charge in [-0.15, -0.1) is 0 Å². The second-order valence-corrected chi connectivity index (χ2v) is 7.20. The lowest BCUT2D eigenvalue weighted by atomic mass is 9.91. The molecular formula is C20H24N4O. The monoisotopic (exact) mass is 336 g/mol. The molecule has 5 nitrogen and oxygen atoms in total. The molecule has 2 aliphatic rings. The molecule has 1 saturated carbocycles. The van der Waals surface area contributed by atoms with E-state index in [4.69, 9.17) is 4.98 Å². The number of hydrogen-bond donors (Lipinski definition) is 1. The van der Waals surface area contributed by atoms with Gasteiger partial charge < -0.3 is 5.32 Å². The van der Waals surface area contributed by atoms with Crippen LogP contribution in [0.15, 0.2) is 30.7 Å². The first-order chi connectivity index (χ1) is 12.3. The average Bonchev–Trinajstić information content (AvgIpc) is 3.15. The molecule has 0 aromatic carbocycles. The number of fused-ring (bicyclic) bond motifs is 1. The van der Waals surface area contributed by atoms with E-state index in [-0.39, 0.29) is 11.9 Å². The molecule has 5 heteroatoms. The summed E-state index contributed by atoms with van der Waals surface area (Å²) >= 11 is 0. The molecule has 0 saturated heterocycles. The third kappa shape index (κ3) is 3.70. The normalized spacial score (nSPS) is 20.2. The van der Waals surface area contributed by atoms with Crippen LogP contribution in [0.1, 0.15) is 62.2 Å². The topological polar surface area (TPSA) is 67.8 Å². The van der Waals surface area contributed by atoms with E-state index in [0.717, 1.165) is 36.1 Å². The molecule has 2 aromatic rings. The van der Waals surface area contributed by atoms with Crippen molar-refractivity contribution in [3.63, 3.8) is 0 Å². The Morgan fingerprint density at radius 2 is 2.04 bits per heavy atom. The maximum Gasteiger partial charge on any atom is 0.220 e. The van der Waals surface area contributed by atoms with Gasteiger partial charge in [0.15, 0.2) is 5.82 Å². The molecule has 1 atom stereocenters. The summed E-state index contributed by atoms with van der Waals surface area (Å²) in [6.45, 7) is 0. The molecular weight excluding hydrogens is 312 g/mol. The predicted octanol–water partition coefficient (Wildman–Crippen LogP) is 3.61. The highest BCUT2D eigenvalue weighted by atomic mass is 16.1. The van der Waals surface area contributed by atoms with Crippen LogP contribution in [0.5, 0.6) is 0 Å². The molecule has 4 rings (SSSR count). The van der Waals surface area contributed by atoms with Crippen molar-refractivity contribution < 1.29 is 4.79 Å². The number of aryl methyl sites for hydroxylation is 1. The van der Waals surface area contributed by atoms with Crippen molar-refractivity contribution in [2.45, 2.75) is 57.4 Å². The van der Waals surface area contributed by atoms with Crippen LogP contribution in [0.25, 0.3) is 11.4 Å². The minimum Gasteiger partial charge on any atom is -0.349 e. The number of nitrogens with one attached hydrogen (secondary N) is 1. The molecule has 0 unspecified atom stereocenters. The maximum absolute atomic E-state index is 12.4. The lowest BCUT2D eigenvalue weighted by Crippen LogP contribution is -2.32. The number of hydrogen-bond acceptors (Lipinski definition) is 4. The van der Waals surface area contributed by atoms with Crippen molar-refractivity contribution >= 4 is 5.91 Å². The number of amides is 1. The largest absolute Gasteiger partial charge is 0.349 e. The Labute approximate surface area is 148 Å². The number of carbonyl (C=O) groups is 1. The van der Waals surface area contributed by atoms with Gasteiger partial charge in [-0.2, -0.15) is 0 Å².